The molecule has 0 spiro atoms. The number of carbonyl (C=O) groups excluding carboxylic acids is 1. The summed E-state index contributed by atoms with van der Waals surface area (Å²) in [5.74, 6) is -0.0956. The van der Waals surface area contributed by atoms with E-state index in [-0.39, 0.29) is 12.4 Å². The van der Waals surface area contributed by atoms with Crippen LogP contribution in [0.4, 0.5) is 0 Å². The Balaban J connectivity index is 2.81. The van der Waals surface area contributed by atoms with Crippen LogP contribution in [0.25, 0.3) is 0 Å². The molecule has 0 radical (unpaired) electrons. The van der Waals surface area contributed by atoms with Gasteiger partial charge in [0, 0.05) is 18.9 Å². The van der Waals surface area contributed by atoms with Crippen LogP contribution in [-0.4, -0.2) is 24.5 Å². The highest BCUT2D eigenvalue weighted by Gasteiger charge is 2.04. The molecule has 0 aliphatic rings. The summed E-state index contributed by atoms with van der Waals surface area (Å²) in [6.45, 7) is 0.0698. The molecule has 1 rings (SSSR count). The van der Waals surface area contributed by atoms with Crippen molar-refractivity contribution >= 4 is 17.4 Å². The molecule has 12 heavy (non-hydrogen) atoms. The van der Waals surface area contributed by atoms with E-state index in [4.69, 9.17) is 11.6 Å². The fourth-order valence-corrected chi connectivity index (χ4v) is 0.964. The normalized spacial score (nSPS) is 9.83. The average Bonchev–Trinajstić information content (AvgIpc) is 2.05. The van der Waals surface area contributed by atoms with Crippen molar-refractivity contribution < 1.29 is 9.53 Å². The van der Waals surface area contributed by atoms with Crippen LogP contribution in [0.2, 0.25) is 5.15 Å². The van der Waals surface area contributed by atoms with Crippen molar-refractivity contribution in [2.45, 2.75) is 0 Å². The predicted octanol–water partition coefficient (Wildman–Crippen LogP) is 1.56. The Morgan fingerprint density at radius 2 is 2.50 bits per heavy atom. The summed E-state index contributed by atoms with van der Waals surface area (Å²) in [6.07, 6.45) is 1.49. The Bertz CT molecular complexity index is 288. The number of pyridine rings is 1. The third kappa shape index (κ3) is 2.29. The van der Waals surface area contributed by atoms with Gasteiger partial charge in [-0.15, -0.1) is 0 Å². The number of hydrogen-bond donors (Lipinski definition) is 0. The van der Waals surface area contributed by atoms with Gasteiger partial charge in [-0.2, -0.15) is 0 Å². The number of nitrogens with zero attached hydrogens (tertiary/aromatic N) is 1. The molecule has 1 aromatic heterocycles. The average molecular weight is 186 g/mol. The van der Waals surface area contributed by atoms with Crippen LogP contribution >= 0.6 is 11.6 Å². The highest BCUT2D eigenvalue weighted by molar-refractivity contribution is 6.29. The monoisotopic (exact) mass is 185 g/mol. The number of aromatic nitrogens is 1. The molecule has 64 valence electrons. The first-order valence-corrected chi connectivity index (χ1v) is 3.75. The van der Waals surface area contributed by atoms with Crippen LogP contribution in [0.3, 0.4) is 0 Å². The molecule has 0 aromatic carbocycles. The molecule has 0 aliphatic carbocycles. The molecular weight excluding hydrogens is 178 g/mol. The molecule has 4 heteroatoms. The van der Waals surface area contributed by atoms with Gasteiger partial charge in [0.1, 0.15) is 11.8 Å². The van der Waals surface area contributed by atoms with E-state index in [1.807, 2.05) is 0 Å². The number of carbonyl (C=O) groups is 1. The number of hydrogen-bond acceptors (Lipinski definition) is 3. The van der Waals surface area contributed by atoms with Gasteiger partial charge in [-0.1, -0.05) is 11.6 Å². The summed E-state index contributed by atoms with van der Waals surface area (Å²) < 4.78 is 4.68. The molecule has 3 nitrogen and oxygen atoms in total. The summed E-state index contributed by atoms with van der Waals surface area (Å²) in [6, 6.07) is 3.12. The van der Waals surface area contributed by atoms with E-state index in [0.29, 0.717) is 10.7 Å². The summed E-state index contributed by atoms with van der Waals surface area (Å²) in [5, 5.41) is 0.317. The fourth-order valence-electron chi connectivity index (χ4n) is 0.790. The van der Waals surface area contributed by atoms with E-state index in [2.05, 4.69) is 9.72 Å². The number of Topliss-reactive ketones (excluding diaryl/α,β-unsaturated/α-hetero) is 1. The van der Waals surface area contributed by atoms with Gasteiger partial charge in [0.15, 0.2) is 5.78 Å². The van der Waals surface area contributed by atoms with Gasteiger partial charge in [-0.05, 0) is 12.1 Å². The van der Waals surface area contributed by atoms with Crippen LogP contribution in [0.15, 0.2) is 18.3 Å². The molecule has 0 bridgehead atoms. The Morgan fingerprint density at radius 1 is 1.75 bits per heavy atom. The zero-order chi connectivity index (χ0) is 8.97. The molecule has 1 heterocycles. The summed E-state index contributed by atoms with van der Waals surface area (Å²) in [4.78, 5) is 14.9. The van der Waals surface area contributed by atoms with Crippen molar-refractivity contribution in [3.63, 3.8) is 0 Å². The maximum absolute atomic E-state index is 11.2. The van der Waals surface area contributed by atoms with Gasteiger partial charge >= 0.3 is 0 Å². The summed E-state index contributed by atoms with van der Waals surface area (Å²) in [7, 11) is 1.47. The first-order valence-electron chi connectivity index (χ1n) is 3.37. The van der Waals surface area contributed by atoms with Crippen molar-refractivity contribution in [1.29, 1.82) is 0 Å². The van der Waals surface area contributed by atoms with E-state index in [1.54, 1.807) is 6.07 Å². The molecule has 1 aromatic rings. The van der Waals surface area contributed by atoms with Gasteiger partial charge in [0.05, 0.1) is 0 Å². The summed E-state index contributed by atoms with van der Waals surface area (Å²) in [5.41, 5.74) is 0.525. The Hall–Kier alpha value is -0.930. The lowest BCUT2D eigenvalue weighted by Gasteiger charge is -1.98. The lowest BCUT2D eigenvalue weighted by molar-refractivity contribution is 0.0848. The SMILES string of the molecule is COCC(=O)c1ccnc(Cl)c1. The zero-order valence-electron chi connectivity index (χ0n) is 6.58. The van der Waals surface area contributed by atoms with E-state index >= 15 is 0 Å². The van der Waals surface area contributed by atoms with Crippen LogP contribution in [0, 0.1) is 0 Å². The molecule has 0 aliphatic heterocycles. The predicted molar refractivity (Wildman–Crippen MR) is 45.5 cm³/mol. The van der Waals surface area contributed by atoms with Gasteiger partial charge in [-0.25, -0.2) is 4.98 Å². The van der Waals surface area contributed by atoms with Crippen molar-refractivity contribution in [2.24, 2.45) is 0 Å². The smallest absolute Gasteiger partial charge is 0.188 e. The standard InChI is InChI=1S/C8H8ClNO2/c1-12-5-7(11)6-2-3-10-8(9)4-6/h2-4H,5H2,1H3. The number of ketones is 1. The van der Waals surface area contributed by atoms with E-state index in [9.17, 15) is 4.79 Å². The number of rotatable bonds is 3. The quantitative estimate of drug-likeness (QED) is 0.530. The minimum Gasteiger partial charge on any atom is -0.377 e. The van der Waals surface area contributed by atoms with Gasteiger partial charge in [0.2, 0.25) is 0 Å². The maximum atomic E-state index is 11.2. The summed E-state index contributed by atoms with van der Waals surface area (Å²) >= 11 is 5.58. The van der Waals surface area contributed by atoms with Crippen molar-refractivity contribution in [2.75, 3.05) is 13.7 Å². The van der Waals surface area contributed by atoms with Gasteiger partial charge in [-0.3, -0.25) is 4.79 Å². The molecule has 0 fully saturated rings. The first kappa shape index (κ1) is 9.16. The van der Waals surface area contributed by atoms with Crippen LogP contribution < -0.4 is 0 Å². The second-order valence-corrected chi connectivity index (χ2v) is 2.61. The van der Waals surface area contributed by atoms with Gasteiger partial charge in [0.25, 0.3) is 0 Å². The molecule has 0 amide bonds. The van der Waals surface area contributed by atoms with Crippen molar-refractivity contribution in [3.8, 4) is 0 Å². The second-order valence-electron chi connectivity index (χ2n) is 2.22. The van der Waals surface area contributed by atoms with E-state index in [1.165, 1.54) is 19.4 Å². The van der Waals surface area contributed by atoms with E-state index in [0.717, 1.165) is 0 Å². The minimum atomic E-state index is -0.0956. The van der Waals surface area contributed by atoms with Crippen LogP contribution in [0.1, 0.15) is 10.4 Å². The number of methoxy groups -OCH3 is 1. The second kappa shape index (κ2) is 4.18. The highest BCUT2D eigenvalue weighted by Crippen LogP contribution is 2.07. The number of halogens is 1. The van der Waals surface area contributed by atoms with Gasteiger partial charge < -0.3 is 4.74 Å². The zero-order valence-corrected chi connectivity index (χ0v) is 7.34. The Labute approximate surface area is 75.3 Å². The maximum Gasteiger partial charge on any atom is 0.188 e. The molecular formula is C8H8ClNO2. The van der Waals surface area contributed by atoms with Crippen LogP contribution in [0.5, 0.6) is 0 Å². The van der Waals surface area contributed by atoms with Crippen LogP contribution in [-0.2, 0) is 4.74 Å². The first-order chi connectivity index (χ1) is 5.74. The third-order valence-corrected chi connectivity index (χ3v) is 1.53. The number of ether oxygens (including phenoxy) is 1. The minimum absolute atomic E-state index is 0.0698. The fraction of sp³-hybridized carbons (Fsp3) is 0.250. The molecule has 0 saturated carbocycles. The Morgan fingerprint density at radius 3 is 3.08 bits per heavy atom. The molecule has 0 saturated heterocycles. The molecule has 0 atom stereocenters. The third-order valence-electron chi connectivity index (χ3n) is 1.32. The molecule has 0 unspecified atom stereocenters. The largest absolute Gasteiger partial charge is 0.377 e. The lowest BCUT2D eigenvalue weighted by atomic mass is 10.2. The van der Waals surface area contributed by atoms with Crippen molar-refractivity contribution in [1.82, 2.24) is 4.98 Å². The topological polar surface area (TPSA) is 39.2 Å². The van der Waals surface area contributed by atoms with E-state index < -0.39 is 0 Å². The Kier molecular flexibility index (Phi) is 3.19. The van der Waals surface area contributed by atoms with Crippen molar-refractivity contribution in [3.05, 3.63) is 29.0 Å². The lowest BCUT2D eigenvalue weighted by Crippen LogP contribution is -2.06. The highest BCUT2D eigenvalue weighted by atomic mass is 35.5. The molecule has 0 N–H and O–H groups in total.